The number of rotatable bonds is 10. The molecule has 0 unspecified atom stereocenters. The van der Waals surface area contributed by atoms with Crippen LogP contribution in [0.1, 0.15) is 32.8 Å². The van der Waals surface area contributed by atoms with E-state index in [4.69, 9.17) is 13.3 Å². The predicted octanol–water partition coefficient (Wildman–Crippen LogP) is 4.53. The fraction of sp³-hybridized carbons (Fsp3) is 0.500. The minimum Gasteiger partial charge on any atom is -0.371 e. The van der Waals surface area contributed by atoms with E-state index in [9.17, 15) is 0 Å². The number of benzene rings is 1. The Kier molecular flexibility index (Phi) is 9.11. The van der Waals surface area contributed by atoms with Crippen LogP contribution in [0.4, 0.5) is 0 Å². The van der Waals surface area contributed by atoms with Crippen LogP contribution in [-0.4, -0.2) is 28.6 Å². The molecule has 0 amide bonds. The smallest absolute Gasteiger partial charge is 0.371 e. The van der Waals surface area contributed by atoms with Crippen LogP contribution >= 0.6 is 15.9 Å². The molecule has 0 radical (unpaired) electrons. The lowest BCUT2D eigenvalue weighted by molar-refractivity contribution is 0.0842. The van der Waals surface area contributed by atoms with Crippen LogP contribution in [0.15, 0.2) is 40.5 Å². The van der Waals surface area contributed by atoms with Crippen LogP contribution in [-0.2, 0) is 19.7 Å². The van der Waals surface area contributed by atoms with Gasteiger partial charge in [0.25, 0.3) is 0 Å². The summed E-state index contributed by atoms with van der Waals surface area (Å²) in [6.45, 7) is 7.69. The summed E-state index contributed by atoms with van der Waals surface area (Å²) >= 11 is 3.57. The van der Waals surface area contributed by atoms with Crippen molar-refractivity contribution in [3.8, 4) is 0 Å². The van der Waals surface area contributed by atoms with Crippen molar-refractivity contribution in [2.75, 3.05) is 19.8 Å². The average molecular weight is 373 g/mol. The predicted molar refractivity (Wildman–Crippen MR) is 92.2 cm³/mol. The molecular formula is C16H25BrO3Si. The first-order valence-electron chi connectivity index (χ1n) is 7.50. The molecule has 0 aromatic heterocycles. The quantitative estimate of drug-likeness (QED) is 0.564. The molecule has 0 aliphatic rings. The molecule has 3 nitrogen and oxygen atoms in total. The number of aryl methyl sites for hydroxylation is 1. The van der Waals surface area contributed by atoms with Crippen molar-refractivity contribution in [2.45, 2.75) is 33.6 Å². The lowest BCUT2D eigenvalue weighted by atomic mass is 10.1. The molecule has 0 atom stereocenters. The molecule has 21 heavy (non-hydrogen) atoms. The molecule has 5 heteroatoms. The zero-order chi connectivity index (χ0) is 15.6. The van der Waals surface area contributed by atoms with Crippen molar-refractivity contribution in [3.05, 3.63) is 46.1 Å². The van der Waals surface area contributed by atoms with Gasteiger partial charge in [-0.15, -0.1) is 0 Å². The van der Waals surface area contributed by atoms with E-state index < -0.39 is 8.80 Å². The molecule has 0 saturated heterocycles. The first-order chi connectivity index (χ1) is 10.2. The third-order valence-electron chi connectivity index (χ3n) is 2.90. The molecule has 0 aliphatic heterocycles. The molecule has 1 aromatic rings. The Morgan fingerprint density at radius 1 is 1.00 bits per heavy atom. The van der Waals surface area contributed by atoms with Gasteiger partial charge < -0.3 is 13.3 Å². The molecule has 0 saturated carbocycles. The van der Waals surface area contributed by atoms with E-state index in [2.05, 4.69) is 40.2 Å². The first kappa shape index (κ1) is 18.6. The van der Waals surface area contributed by atoms with E-state index in [1.165, 1.54) is 5.56 Å². The highest BCUT2D eigenvalue weighted by molar-refractivity contribution is 9.10. The summed E-state index contributed by atoms with van der Waals surface area (Å²) < 4.78 is 18.5. The van der Waals surface area contributed by atoms with Gasteiger partial charge in [-0.25, -0.2) is 0 Å². The van der Waals surface area contributed by atoms with E-state index in [1.54, 1.807) is 0 Å². The van der Waals surface area contributed by atoms with Gasteiger partial charge in [0.15, 0.2) is 0 Å². The van der Waals surface area contributed by atoms with Crippen molar-refractivity contribution in [1.29, 1.82) is 0 Å². The van der Waals surface area contributed by atoms with Gasteiger partial charge in [-0.3, -0.25) is 0 Å². The second-order valence-corrected chi connectivity index (χ2v) is 7.70. The highest BCUT2D eigenvalue weighted by Crippen LogP contribution is 2.18. The third-order valence-corrected chi connectivity index (χ3v) is 6.39. The Balaban J connectivity index is 2.63. The van der Waals surface area contributed by atoms with Crippen molar-refractivity contribution in [3.63, 3.8) is 0 Å². The first-order valence-corrected chi connectivity index (χ1v) is 10.1. The standard InChI is InChI=1S/C16H25BrO3Si/c1-4-18-21(19-5-2,20-6-3)14-10-9-12-15-11-7-8-13-16(15)17/h7-8,10-11,13-14H,4-6,9,12H2,1-3H3/b14-10+. The lowest BCUT2D eigenvalue weighted by Gasteiger charge is -2.25. The summed E-state index contributed by atoms with van der Waals surface area (Å²) in [7, 11) is -2.64. The van der Waals surface area contributed by atoms with Crippen LogP contribution in [0.5, 0.6) is 0 Å². The molecule has 1 rings (SSSR count). The SMILES string of the molecule is CCO[Si](/C=C/CCc1ccccc1Br)(OCC)OCC. The lowest BCUT2D eigenvalue weighted by Crippen LogP contribution is -2.44. The van der Waals surface area contributed by atoms with Crippen LogP contribution in [0.25, 0.3) is 0 Å². The van der Waals surface area contributed by atoms with Crippen molar-refractivity contribution < 1.29 is 13.3 Å². The number of allylic oxidation sites excluding steroid dienone is 1. The van der Waals surface area contributed by atoms with Crippen LogP contribution in [0.2, 0.25) is 0 Å². The number of hydrogen-bond donors (Lipinski definition) is 0. The van der Waals surface area contributed by atoms with E-state index >= 15 is 0 Å². The van der Waals surface area contributed by atoms with E-state index in [0.29, 0.717) is 19.8 Å². The number of hydrogen-bond acceptors (Lipinski definition) is 3. The maximum Gasteiger partial charge on any atom is 0.529 e. The van der Waals surface area contributed by atoms with Gasteiger partial charge in [0.1, 0.15) is 0 Å². The van der Waals surface area contributed by atoms with Gasteiger partial charge in [-0.05, 0) is 50.9 Å². The van der Waals surface area contributed by atoms with Gasteiger partial charge in [0.05, 0.1) is 0 Å². The summed E-state index contributed by atoms with van der Waals surface area (Å²) in [6.07, 6.45) is 4.03. The van der Waals surface area contributed by atoms with E-state index in [0.717, 1.165) is 17.3 Å². The summed E-state index contributed by atoms with van der Waals surface area (Å²) in [5, 5.41) is 0. The molecule has 0 bridgehead atoms. The molecule has 0 heterocycles. The largest absolute Gasteiger partial charge is 0.529 e. The summed E-state index contributed by atoms with van der Waals surface area (Å²) in [5.74, 6) is 0. The number of halogens is 1. The normalized spacial score (nSPS) is 12.2. The van der Waals surface area contributed by atoms with Crippen molar-refractivity contribution >= 4 is 24.7 Å². The van der Waals surface area contributed by atoms with E-state index in [-0.39, 0.29) is 0 Å². The monoisotopic (exact) mass is 372 g/mol. The van der Waals surface area contributed by atoms with Gasteiger partial charge in [-0.1, -0.05) is 40.2 Å². The minimum absolute atomic E-state index is 0.598. The Morgan fingerprint density at radius 2 is 1.57 bits per heavy atom. The van der Waals surface area contributed by atoms with Crippen LogP contribution < -0.4 is 0 Å². The Labute approximate surface area is 137 Å². The van der Waals surface area contributed by atoms with Gasteiger partial charge in [-0.2, -0.15) is 0 Å². The van der Waals surface area contributed by atoms with Crippen LogP contribution in [0.3, 0.4) is 0 Å². The fourth-order valence-electron chi connectivity index (χ4n) is 2.04. The van der Waals surface area contributed by atoms with Gasteiger partial charge >= 0.3 is 8.80 Å². The highest BCUT2D eigenvalue weighted by atomic mass is 79.9. The maximum absolute atomic E-state index is 5.78. The Morgan fingerprint density at radius 3 is 2.10 bits per heavy atom. The van der Waals surface area contributed by atoms with Crippen molar-refractivity contribution in [2.24, 2.45) is 0 Å². The van der Waals surface area contributed by atoms with Crippen LogP contribution in [0, 0.1) is 0 Å². The molecular weight excluding hydrogens is 348 g/mol. The third kappa shape index (κ3) is 6.44. The summed E-state index contributed by atoms with van der Waals surface area (Å²) in [5.41, 5.74) is 3.32. The van der Waals surface area contributed by atoms with E-state index in [1.807, 2.05) is 32.5 Å². The minimum atomic E-state index is -2.64. The second kappa shape index (κ2) is 10.3. The van der Waals surface area contributed by atoms with Gasteiger partial charge in [0.2, 0.25) is 0 Å². The Hall–Kier alpha value is -0.463. The molecule has 0 aliphatic carbocycles. The second-order valence-electron chi connectivity index (χ2n) is 4.44. The molecule has 0 N–H and O–H groups in total. The maximum atomic E-state index is 5.78. The molecule has 0 fully saturated rings. The zero-order valence-electron chi connectivity index (χ0n) is 13.1. The molecule has 0 spiro atoms. The summed E-state index contributed by atoms with van der Waals surface area (Å²) in [4.78, 5) is 0. The Bertz CT molecular complexity index is 420. The fourth-order valence-corrected chi connectivity index (χ4v) is 4.72. The average Bonchev–Trinajstić information content (AvgIpc) is 2.46. The topological polar surface area (TPSA) is 27.7 Å². The molecule has 1 aromatic carbocycles. The zero-order valence-corrected chi connectivity index (χ0v) is 15.7. The van der Waals surface area contributed by atoms with Gasteiger partial charge in [0, 0.05) is 24.3 Å². The highest BCUT2D eigenvalue weighted by Gasteiger charge is 2.37. The van der Waals surface area contributed by atoms with Crippen molar-refractivity contribution in [1.82, 2.24) is 0 Å². The summed E-state index contributed by atoms with van der Waals surface area (Å²) in [6, 6.07) is 8.29. The molecule has 118 valence electrons.